The number of carbonyl (C=O) groups is 2. The Hall–Kier alpha value is -1.78. The molecule has 0 fully saturated rings. The third-order valence-corrected chi connectivity index (χ3v) is 2.21. The molecule has 5 heteroatoms. The summed E-state index contributed by atoms with van der Waals surface area (Å²) in [7, 11) is 0. The number of hydrogen-bond donors (Lipinski definition) is 2. The van der Waals surface area contributed by atoms with Crippen molar-refractivity contribution in [1.82, 2.24) is 10.6 Å². The number of carbonyl (C=O) groups excluding carboxylic acids is 2. The molecular formula is C12H18N2O3. The smallest absolute Gasteiger partial charge is 0.229 e. The zero-order valence-electron chi connectivity index (χ0n) is 9.99. The van der Waals surface area contributed by atoms with Crippen molar-refractivity contribution in [3.63, 3.8) is 0 Å². The van der Waals surface area contributed by atoms with E-state index in [1.165, 1.54) is 0 Å². The van der Waals surface area contributed by atoms with Crippen molar-refractivity contribution in [3.05, 3.63) is 24.2 Å². The van der Waals surface area contributed by atoms with Crippen LogP contribution < -0.4 is 10.6 Å². The highest BCUT2D eigenvalue weighted by atomic mass is 16.3. The van der Waals surface area contributed by atoms with Crippen molar-refractivity contribution >= 4 is 11.8 Å². The second kappa shape index (κ2) is 7.49. The summed E-state index contributed by atoms with van der Waals surface area (Å²) < 4.78 is 5.05. The molecule has 0 spiro atoms. The van der Waals surface area contributed by atoms with Crippen LogP contribution in [-0.2, 0) is 16.1 Å². The lowest BCUT2D eigenvalue weighted by atomic mass is 10.3. The standard InChI is InChI=1S/C12H18N2O3/c1-2-3-6-13-11(15)8-12(16)14-9-10-5-4-7-17-10/h4-5,7H,2-3,6,8-9H2,1H3,(H,13,15)(H,14,16). The van der Waals surface area contributed by atoms with Gasteiger partial charge >= 0.3 is 0 Å². The number of unbranched alkanes of at least 4 members (excludes halogenated alkanes) is 1. The lowest BCUT2D eigenvalue weighted by molar-refractivity contribution is -0.129. The van der Waals surface area contributed by atoms with E-state index in [9.17, 15) is 9.59 Å². The van der Waals surface area contributed by atoms with E-state index in [0.29, 0.717) is 18.8 Å². The molecule has 0 saturated carbocycles. The summed E-state index contributed by atoms with van der Waals surface area (Å²) in [6.45, 7) is 2.98. The molecule has 0 aliphatic carbocycles. The Bertz CT molecular complexity index is 347. The molecule has 17 heavy (non-hydrogen) atoms. The number of amides is 2. The molecule has 0 aliphatic rings. The van der Waals surface area contributed by atoms with Gasteiger partial charge in [-0.3, -0.25) is 9.59 Å². The quantitative estimate of drug-likeness (QED) is 0.554. The molecule has 0 unspecified atom stereocenters. The van der Waals surface area contributed by atoms with E-state index in [1.54, 1.807) is 18.4 Å². The summed E-state index contributed by atoms with van der Waals surface area (Å²) in [6.07, 6.45) is 3.36. The van der Waals surface area contributed by atoms with Crippen LogP contribution in [-0.4, -0.2) is 18.4 Å². The monoisotopic (exact) mass is 238 g/mol. The summed E-state index contributed by atoms with van der Waals surface area (Å²) in [5, 5.41) is 5.30. The fourth-order valence-corrected chi connectivity index (χ4v) is 1.27. The first-order valence-electron chi connectivity index (χ1n) is 5.78. The molecule has 2 amide bonds. The zero-order valence-corrected chi connectivity index (χ0v) is 9.99. The van der Waals surface area contributed by atoms with Gasteiger partial charge in [-0.1, -0.05) is 13.3 Å². The first kappa shape index (κ1) is 13.3. The molecule has 0 saturated heterocycles. The normalized spacial score (nSPS) is 9.94. The van der Waals surface area contributed by atoms with E-state index in [1.807, 2.05) is 6.92 Å². The molecule has 1 rings (SSSR count). The number of furan rings is 1. The third-order valence-electron chi connectivity index (χ3n) is 2.21. The number of nitrogens with one attached hydrogen (secondary N) is 2. The van der Waals surface area contributed by atoms with Crippen molar-refractivity contribution in [2.45, 2.75) is 32.7 Å². The van der Waals surface area contributed by atoms with Crippen LogP contribution in [0, 0.1) is 0 Å². The Morgan fingerprint density at radius 1 is 1.29 bits per heavy atom. The highest BCUT2D eigenvalue weighted by Crippen LogP contribution is 1.98. The van der Waals surface area contributed by atoms with Crippen molar-refractivity contribution in [1.29, 1.82) is 0 Å². The summed E-state index contributed by atoms with van der Waals surface area (Å²) in [5.74, 6) is 0.135. The fourth-order valence-electron chi connectivity index (χ4n) is 1.27. The van der Waals surface area contributed by atoms with Gasteiger partial charge in [-0.2, -0.15) is 0 Å². The van der Waals surface area contributed by atoms with Crippen molar-refractivity contribution in [2.24, 2.45) is 0 Å². The van der Waals surface area contributed by atoms with Crippen LogP contribution >= 0.6 is 0 Å². The van der Waals surface area contributed by atoms with Crippen LogP contribution in [0.3, 0.4) is 0 Å². The maximum absolute atomic E-state index is 11.4. The van der Waals surface area contributed by atoms with Crippen molar-refractivity contribution in [3.8, 4) is 0 Å². The third kappa shape index (κ3) is 5.75. The Labute approximate surface area is 101 Å². The molecule has 1 aromatic heterocycles. The lowest BCUT2D eigenvalue weighted by Gasteiger charge is -2.04. The van der Waals surface area contributed by atoms with Gasteiger partial charge in [0.25, 0.3) is 0 Å². The van der Waals surface area contributed by atoms with Gasteiger partial charge in [-0.05, 0) is 18.6 Å². The Morgan fingerprint density at radius 2 is 2.06 bits per heavy atom. The van der Waals surface area contributed by atoms with Crippen molar-refractivity contribution < 1.29 is 14.0 Å². The van der Waals surface area contributed by atoms with E-state index >= 15 is 0 Å². The van der Waals surface area contributed by atoms with Gasteiger partial charge in [0.05, 0.1) is 12.8 Å². The maximum Gasteiger partial charge on any atom is 0.229 e. The maximum atomic E-state index is 11.4. The minimum Gasteiger partial charge on any atom is -0.467 e. The molecule has 5 nitrogen and oxygen atoms in total. The van der Waals surface area contributed by atoms with Crippen LogP contribution in [0.4, 0.5) is 0 Å². The van der Waals surface area contributed by atoms with Crippen LogP contribution in [0.2, 0.25) is 0 Å². The summed E-state index contributed by atoms with van der Waals surface area (Å²) in [6, 6.07) is 3.51. The van der Waals surface area contributed by atoms with Crippen LogP contribution in [0.25, 0.3) is 0 Å². The average Bonchev–Trinajstić information content (AvgIpc) is 2.79. The van der Waals surface area contributed by atoms with E-state index in [-0.39, 0.29) is 18.2 Å². The number of hydrogen-bond acceptors (Lipinski definition) is 3. The molecule has 94 valence electrons. The van der Waals surface area contributed by atoms with Crippen LogP contribution in [0.15, 0.2) is 22.8 Å². The molecule has 1 heterocycles. The van der Waals surface area contributed by atoms with Gasteiger partial charge in [-0.15, -0.1) is 0 Å². The predicted molar refractivity (Wildman–Crippen MR) is 63.1 cm³/mol. The summed E-state index contributed by atoms with van der Waals surface area (Å²) in [5.41, 5.74) is 0. The van der Waals surface area contributed by atoms with Crippen LogP contribution in [0.5, 0.6) is 0 Å². The van der Waals surface area contributed by atoms with Gasteiger partial charge in [-0.25, -0.2) is 0 Å². The molecule has 0 aromatic carbocycles. The Morgan fingerprint density at radius 3 is 2.71 bits per heavy atom. The van der Waals surface area contributed by atoms with Gasteiger partial charge in [0.1, 0.15) is 12.2 Å². The van der Waals surface area contributed by atoms with Crippen LogP contribution in [0.1, 0.15) is 31.9 Å². The van der Waals surface area contributed by atoms with E-state index in [4.69, 9.17) is 4.42 Å². The minimum atomic E-state index is -0.296. The van der Waals surface area contributed by atoms with Gasteiger partial charge in [0, 0.05) is 6.54 Å². The first-order chi connectivity index (χ1) is 8.22. The summed E-state index contributed by atoms with van der Waals surface area (Å²) in [4.78, 5) is 22.7. The average molecular weight is 238 g/mol. The van der Waals surface area contributed by atoms with E-state index < -0.39 is 0 Å². The molecule has 0 radical (unpaired) electrons. The van der Waals surface area contributed by atoms with Gasteiger partial charge < -0.3 is 15.1 Å². The first-order valence-corrected chi connectivity index (χ1v) is 5.78. The zero-order chi connectivity index (χ0) is 12.5. The minimum absolute atomic E-state index is 0.135. The number of rotatable bonds is 7. The van der Waals surface area contributed by atoms with Gasteiger partial charge in [0.15, 0.2) is 0 Å². The molecule has 0 aliphatic heterocycles. The molecule has 1 aromatic rings. The largest absolute Gasteiger partial charge is 0.467 e. The fraction of sp³-hybridized carbons (Fsp3) is 0.500. The van der Waals surface area contributed by atoms with Gasteiger partial charge in [0.2, 0.25) is 11.8 Å². The topological polar surface area (TPSA) is 71.3 Å². The molecule has 0 atom stereocenters. The second-order valence-corrected chi connectivity index (χ2v) is 3.74. The molecule has 0 bridgehead atoms. The summed E-state index contributed by atoms with van der Waals surface area (Å²) >= 11 is 0. The molecular weight excluding hydrogens is 220 g/mol. The predicted octanol–water partition coefficient (Wildman–Crippen LogP) is 1.20. The lowest BCUT2D eigenvalue weighted by Crippen LogP contribution is -2.32. The van der Waals surface area contributed by atoms with E-state index in [0.717, 1.165) is 12.8 Å². The second-order valence-electron chi connectivity index (χ2n) is 3.74. The van der Waals surface area contributed by atoms with E-state index in [2.05, 4.69) is 10.6 Å². The highest BCUT2D eigenvalue weighted by Gasteiger charge is 2.08. The highest BCUT2D eigenvalue weighted by molar-refractivity contribution is 5.96. The Balaban J connectivity index is 2.14. The van der Waals surface area contributed by atoms with Crippen molar-refractivity contribution in [2.75, 3.05) is 6.54 Å². The SMILES string of the molecule is CCCCNC(=O)CC(=O)NCc1ccco1. The molecule has 2 N–H and O–H groups in total. The Kier molecular flexibility index (Phi) is 5.85.